The first-order valence-electron chi connectivity index (χ1n) is 6.22. The Bertz CT molecular complexity index is 649. The highest BCUT2D eigenvalue weighted by atomic mass is 79.9. The molecule has 2 N–H and O–H groups in total. The zero-order valence-electron chi connectivity index (χ0n) is 11.3. The first-order valence-corrected chi connectivity index (χ1v) is 7.39. The average molecular weight is 370 g/mol. The Morgan fingerprint density at radius 3 is 2.76 bits per heavy atom. The summed E-state index contributed by atoms with van der Waals surface area (Å²) < 4.78 is 6.12. The molecule has 21 heavy (non-hydrogen) atoms. The molecular weight excluding hydrogens is 356 g/mol. The van der Waals surface area contributed by atoms with Gasteiger partial charge in [-0.25, -0.2) is 4.79 Å². The van der Waals surface area contributed by atoms with Gasteiger partial charge in [0.25, 0.3) is 0 Å². The van der Waals surface area contributed by atoms with E-state index in [2.05, 4.69) is 26.6 Å². The quantitative estimate of drug-likeness (QED) is 0.837. The highest BCUT2D eigenvalue weighted by Gasteiger charge is 2.08. The molecule has 2 aromatic rings. The van der Waals surface area contributed by atoms with E-state index in [0.29, 0.717) is 23.0 Å². The lowest BCUT2D eigenvalue weighted by Crippen LogP contribution is -2.28. The van der Waals surface area contributed by atoms with E-state index in [-0.39, 0.29) is 6.03 Å². The number of methoxy groups -OCH3 is 1. The zero-order valence-corrected chi connectivity index (χ0v) is 13.7. The maximum absolute atomic E-state index is 11.9. The zero-order chi connectivity index (χ0) is 15.2. The molecule has 0 aliphatic rings. The summed E-state index contributed by atoms with van der Waals surface area (Å²) in [5.41, 5.74) is 1.51. The lowest BCUT2D eigenvalue weighted by atomic mass is 10.2. The number of carbonyl (C=O) groups is 1. The number of nitrogens with one attached hydrogen (secondary N) is 2. The maximum Gasteiger partial charge on any atom is 0.319 e. The molecule has 2 aromatic carbocycles. The summed E-state index contributed by atoms with van der Waals surface area (Å²) in [7, 11) is 1.54. The highest BCUT2D eigenvalue weighted by Crippen LogP contribution is 2.27. The predicted octanol–water partition coefficient (Wildman–Crippen LogP) is 4.43. The van der Waals surface area contributed by atoms with Crippen LogP contribution < -0.4 is 15.4 Å². The summed E-state index contributed by atoms with van der Waals surface area (Å²) in [5, 5.41) is 6.02. The number of anilines is 1. The fraction of sp³-hybridized carbons (Fsp3) is 0.133. The van der Waals surface area contributed by atoms with E-state index in [1.54, 1.807) is 18.2 Å². The van der Waals surface area contributed by atoms with E-state index in [1.807, 2.05) is 24.3 Å². The summed E-state index contributed by atoms with van der Waals surface area (Å²) in [6.07, 6.45) is 0. The van der Waals surface area contributed by atoms with Crippen molar-refractivity contribution in [3.05, 3.63) is 57.5 Å². The second kappa shape index (κ2) is 7.33. The van der Waals surface area contributed by atoms with Crippen molar-refractivity contribution in [3.63, 3.8) is 0 Å². The van der Waals surface area contributed by atoms with Crippen LogP contribution in [0, 0.1) is 0 Å². The minimum atomic E-state index is -0.327. The topological polar surface area (TPSA) is 50.4 Å². The van der Waals surface area contributed by atoms with Crippen molar-refractivity contribution in [2.75, 3.05) is 12.4 Å². The van der Waals surface area contributed by atoms with Gasteiger partial charge in [0.1, 0.15) is 5.75 Å². The van der Waals surface area contributed by atoms with Gasteiger partial charge in [-0.05, 0) is 29.8 Å². The van der Waals surface area contributed by atoms with Crippen LogP contribution in [0.15, 0.2) is 46.9 Å². The molecule has 0 heterocycles. The molecule has 0 aliphatic heterocycles. The summed E-state index contributed by atoms with van der Waals surface area (Å²) >= 11 is 9.35. The van der Waals surface area contributed by atoms with Gasteiger partial charge in [0.2, 0.25) is 0 Å². The monoisotopic (exact) mass is 368 g/mol. The summed E-state index contributed by atoms with van der Waals surface area (Å²) in [6, 6.07) is 12.4. The lowest BCUT2D eigenvalue weighted by Gasteiger charge is -2.12. The smallest absolute Gasteiger partial charge is 0.319 e. The molecule has 0 saturated heterocycles. The van der Waals surface area contributed by atoms with Gasteiger partial charge in [-0.3, -0.25) is 0 Å². The average Bonchev–Trinajstić information content (AvgIpc) is 2.47. The van der Waals surface area contributed by atoms with Gasteiger partial charge in [0.05, 0.1) is 12.8 Å². The Morgan fingerprint density at radius 1 is 1.29 bits per heavy atom. The second-order valence-corrected chi connectivity index (χ2v) is 5.53. The molecule has 110 valence electrons. The number of halogens is 2. The number of hydrogen-bond acceptors (Lipinski definition) is 2. The third kappa shape index (κ3) is 4.37. The number of ether oxygens (including phenoxy) is 1. The number of rotatable bonds is 4. The van der Waals surface area contributed by atoms with Gasteiger partial charge in [0.15, 0.2) is 0 Å². The van der Waals surface area contributed by atoms with E-state index in [9.17, 15) is 4.79 Å². The molecule has 6 heteroatoms. The van der Waals surface area contributed by atoms with Gasteiger partial charge >= 0.3 is 6.03 Å². The highest BCUT2D eigenvalue weighted by molar-refractivity contribution is 9.10. The Labute approximate surface area is 136 Å². The van der Waals surface area contributed by atoms with Crippen molar-refractivity contribution in [1.29, 1.82) is 0 Å². The number of benzene rings is 2. The fourth-order valence-electron chi connectivity index (χ4n) is 1.76. The van der Waals surface area contributed by atoms with Gasteiger partial charge in [0, 0.05) is 16.0 Å². The molecule has 0 bridgehead atoms. The van der Waals surface area contributed by atoms with Crippen LogP contribution >= 0.6 is 27.5 Å². The molecule has 0 atom stereocenters. The standard InChI is InChI=1S/C15H14BrClN2O2/c1-21-14-7-6-11(17)8-13(14)19-15(20)18-9-10-4-2-3-5-12(10)16/h2-8H,9H2,1H3,(H2,18,19,20). The number of urea groups is 1. The van der Waals surface area contributed by atoms with Gasteiger partial charge < -0.3 is 15.4 Å². The first-order chi connectivity index (χ1) is 10.1. The second-order valence-electron chi connectivity index (χ2n) is 4.24. The third-order valence-corrected chi connectivity index (χ3v) is 3.82. The normalized spacial score (nSPS) is 10.0. The van der Waals surface area contributed by atoms with E-state index in [4.69, 9.17) is 16.3 Å². The summed E-state index contributed by atoms with van der Waals surface area (Å²) in [4.78, 5) is 11.9. The van der Waals surface area contributed by atoms with Crippen LogP contribution in [0.3, 0.4) is 0 Å². The lowest BCUT2D eigenvalue weighted by molar-refractivity contribution is 0.251. The van der Waals surface area contributed by atoms with E-state index < -0.39 is 0 Å². The van der Waals surface area contributed by atoms with Crippen molar-refractivity contribution in [2.45, 2.75) is 6.54 Å². The van der Waals surface area contributed by atoms with Crippen LogP contribution in [-0.4, -0.2) is 13.1 Å². The fourth-order valence-corrected chi connectivity index (χ4v) is 2.36. The van der Waals surface area contributed by atoms with Crippen LogP contribution in [0.2, 0.25) is 5.02 Å². The Morgan fingerprint density at radius 2 is 2.05 bits per heavy atom. The van der Waals surface area contributed by atoms with Gasteiger partial charge in [-0.2, -0.15) is 0 Å². The van der Waals surface area contributed by atoms with Crippen molar-refractivity contribution in [2.24, 2.45) is 0 Å². The first kappa shape index (κ1) is 15.7. The number of amides is 2. The molecule has 0 unspecified atom stereocenters. The van der Waals surface area contributed by atoms with Gasteiger partial charge in [-0.15, -0.1) is 0 Å². The van der Waals surface area contributed by atoms with Crippen molar-refractivity contribution >= 4 is 39.2 Å². The molecule has 0 spiro atoms. The van der Waals surface area contributed by atoms with E-state index >= 15 is 0 Å². The largest absolute Gasteiger partial charge is 0.495 e. The summed E-state index contributed by atoms with van der Waals surface area (Å²) in [5.74, 6) is 0.551. The third-order valence-electron chi connectivity index (χ3n) is 2.81. The molecule has 0 radical (unpaired) electrons. The van der Waals surface area contributed by atoms with Crippen LogP contribution in [0.5, 0.6) is 5.75 Å². The molecule has 0 fully saturated rings. The van der Waals surface area contributed by atoms with E-state index in [1.165, 1.54) is 7.11 Å². The number of hydrogen-bond donors (Lipinski definition) is 2. The molecule has 2 rings (SSSR count). The van der Waals surface area contributed by atoms with Gasteiger partial charge in [-0.1, -0.05) is 45.7 Å². The molecule has 0 aliphatic carbocycles. The van der Waals surface area contributed by atoms with Crippen molar-refractivity contribution < 1.29 is 9.53 Å². The molecule has 0 aromatic heterocycles. The Balaban J connectivity index is 1.99. The number of carbonyl (C=O) groups excluding carboxylic acids is 1. The maximum atomic E-state index is 11.9. The predicted molar refractivity (Wildman–Crippen MR) is 88.0 cm³/mol. The SMILES string of the molecule is COc1ccc(Cl)cc1NC(=O)NCc1ccccc1Br. The minimum absolute atomic E-state index is 0.327. The van der Waals surface area contributed by atoms with Crippen LogP contribution in [-0.2, 0) is 6.54 Å². The summed E-state index contributed by atoms with van der Waals surface area (Å²) in [6.45, 7) is 0.413. The van der Waals surface area contributed by atoms with Crippen LogP contribution in [0.4, 0.5) is 10.5 Å². The Kier molecular flexibility index (Phi) is 5.47. The van der Waals surface area contributed by atoms with Crippen molar-refractivity contribution in [3.8, 4) is 5.75 Å². The molecule has 2 amide bonds. The van der Waals surface area contributed by atoms with Crippen molar-refractivity contribution in [1.82, 2.24) is 5.32 Å². The molecular formula is C15H14BrClN2O2. The van der Waals surface area contributed by atoms with Crippen LogP contribution in [0.1, 0.15) is 5.56 Å². The Hall–Kier alpha value is -1.72. The van der Waals surface area contributed by atoms with E-state index in [0.717, 1.165) is 10.0 Å². The molecule has 4 nitrogen and oxygen atoms in total. The molecule has 0 saturated carbocycles. The minimum Gasteiger partial charge on any atom is -0.495 e. The van der Waals surface area contributed by atoms with Crippen LogP contribution in [0.25, 0.3) is 0 Å².